The third kappa shape index (κ3) is 2.78. The number of aryl methyl sites for hydroxylation is 1. The molecule has 4 saturated carbocycles. The summed E-state index contributed by atoms with van der Waals surface area (Å²) in [7, 11) is 0. The van der Waals surface area contributed by atoms with Gasteiger partial charge in [-0.05, 0) is 105 Å². The van der Waals surface area contributed by atoms with Gasteiger partial charge in [-0.1, -0.05) is 6.92 Å². The van der Waals surface area contributed by atoms with Crippen LogP contribution in [0.2, 0.25) is 0 Å². The Labute approximate surface area is 155 Å². The molecule has 25 heavy (non-hydrogen) atoms. The molecule has 1 aromatic heterocycles. The zero-order chi connectivity index (χ0) is 17.2. The molecule has 4 bridgehead atoms. The number of hydrogen-bond donors (Lipinski definition) is 1. The van der Waals surface area contributed by atoms with Gasteiger partial charge in [0.15, 0.2) is 0 Å². The minimum atomic E-state index is 0.190. The number of fused-ring (bicyclic) bond motifs is 1. The highest BCUT2D eigenvalue weighted by Crippen LogP contribution is 2.61. The van der Waals surface area contributed by atoms with E-state index in [1.54, 1.807) is 11.3 Å². The predicted octanol–water partition coefficient (Wildman–Crippen LogP) is 5.21. The van der Waals surface area contributed by atoms with Crippen molar-refractivity contribution in [2.45, 2.75) is 77.7 Å². The van der Waals surface area contributed by atoms with Crippen molar-refractivity contribution < 1.29 is 4.79 Å². The van der Waals surface area contributed by atoms with Crippen LogP contribution in [0.4, 0.5) is 0 Å². The molecule has 0 saturated heterocycles. The van der Waals surface area contributed by atoms with Crippen molar-refractivity contribution in [2.75, 3.05) is 0 Å². The first-order valence-electron chi connectivity index (χ1n) is 10.4. The van der Waals surface area contributed by atoms with Crippen molar-refractivity contribution >= 4 is 17.2 Å². The van der Waals surface area contributed by atoms with Crippen LogP contribution < -0.4 is 5.32 Å². The molecule has 1 N–H and O–H groups in total. The highest BCUT2D eigenvalue weighted by atomic mass is 32.1. The van der Waals surface area contributed by atoms with Gasteiger partial charge >= 0.3 is 0 Å². The van der Waals surface area contributed by atoms with Gasteiger partial charge in [0.05, 0.1) is 4.88 Å². The maximum absolute atomic E-state index is 12.9. The Hall–Kier alpha value is -0.830. The van der Waals surface area contributed by atoms with Gasteiger partial charge in [-0.2, -0.15) is 0 Å². The molecular weight excluding hydrogens is 326 g/mol. The van der Waals surface area contributed by atoms with E-state index in [2.05, 4.69) is 25.2 Å². The minimum Gasteiger partial charge on any atom is -0.348 e. The van der Waals surface area contributed by atoms with E-state index in [1.165, 1.54) is 61.8 Å². The Bertz CT molecular complexity index is 655. The van der Waals surface area contributed by atoms with Gasteiger partial charge in [0.2, 0.25) is 0 Å². The Morgan fingerprint density at radius 1 is 1.20 bits per heavy atom. The number of rotatable bonds is 3. The van der Waals surface area contributed by atoms with Crippen LogP contribution in [0.5, 0.6) is 0 Å². The molecule has 0 unspecified atom stereocenters. The molecule has 0 radical (unpaired) electrons. The van der Waals surface area contributed by atoms with E-state index in [4.69, 9.17) is 0 Å². The first kappa shape index (κ1) is 16.4. The fraction of sp³-hybridized carbons (Fsp3) is 0.773. The average Bonchev–Trinajstić information content (AvgIpc) is 2.96. The average molecular weight is 358 g/mol. The minimum absolute atomic E-state index is 0.190. The van der Waals surface area contributed by atoms with E-state index in [0.717, 1.165) is 35.0 Å². The van der Waals surface area contributed by atoms with Crippen molar-refractivity contribution in [3.63, 3.8) is 0 Å². The quantitative estimate of drug-likeness (QED) is 0.791. The third-order valence-corrected chi connectivity index (χ3v) is 9.14. The highest BCUT2D eigenvalue weighted by molar-refractivity contribution is 7.14. The molecule has 4 fully saturated rings. The predicted molar refractivity (Wildman–Crippen MR) is 103 cm³/mol. The summed E-state index contributed by atoms with van der Waals surface area (Å²) < 4.78 is 0. The molecule has 0 aliphatic heterocycles. The van der Waals surface area contributed by atoms with Gasteiger partial charge in [0, 0.05) is 10.9 Å². The monoisotopic (exact) mass is 357 g/mol. The van der Waals surface area contributed by atoms with Gasteiger partial charge < -0.3 is 5.32 Å². The molecule has 6 rings (SSSR count). The Balaban J connectivity index is 1.31. The third-order valence-electron chi connectivity index (χ3n) is 7.90. The lowest BCUT2D eigenvalue weighted by molar-refractivity contribution is -0.0687. The highest BCUT2D eigenvalue weighted by Gasteiger charge is 2.53. The fourth-order valence-corrected chi connectivity index (χ4v) is 8.06. The van der Waals surface area contributed by atoms with Gasteiger partial charge in [-0.3, -0.25) is 4.79 Å². The molecule has 5 aliphatic carbocycles. The Morgan fingerprint density at radius 2 is 1.84 bits per heavy atom. The largest absolute Gasteiger partial charge is 0.348 e. The fourth-order valence-electron chi connectivity index (χ4n) is 6.95. The first-order valence-corrected chi connectivity index (χ1v) is 11.2. The van der Waals surface area contributed by atoms with Crippen molar-refractivity contribution in [1.29, 1.82) is 0 Å². The molecule has 0 aromatic carbocycles. The maximum atomic E-state index is 12.9. The molecule has 0 spiro atoms. The van der Waals surface area contributed by atoms with Crippen molar-refractivity contribution in [3.05, 3.63) is 21.4 Å². The molecule has 3 heteroatoms. The lowest BCUT2D eigenvalue weighted by Crippen LogP contribution is -2.55. The second-order valence-corrected chi connectivity index (χ2v) is 11.0. The normalized spacial score (nSPS) is 39.9. The van der Waals surface area contributed by atoms with Crippen LogP contribution in [0.1, 0.15) is 78.9 Å². The van der Waals surface area contributed by atoms with E-state index in [1.807, 2.05) is 0 Å². The lowest BCUT2D eigenvalue weighted by Gasteiger charge is -2.59. The van der Waals surface area contributed by atoms with Crippen LogP contribution in [-0.2, 0) is 12.8 Å². The Morgan fingerprint density at radius 3 is 2.48 bits per heavy atom. The summed E-state index contributed by atoms with van der Waals surface area (Å²) in [6.07, 6.45) is 12.1. The molecule has 1 heterocycles. The second kappa shape index (κ2) is 5.84. The van der Waals surface area contributed by atoms with Gasteiger partial charge in [-0.15, -0.1) is 11.3 Å². The van der Waals surface area contributed by atoms with E-state index in [-0.39, 0.29) is 5.91 Å². The standard InChI is InChI=1S/C22H31NOS/c1-13-3-4-19-18(5-13)9-20(25-19)21(24)23-14(2)22-10-15-6-16(11-22)8-17(7-15)12-22/h9,13-17H,3-8,10-12H2,1-2H3,(H,23,24)/t13-,14+,15?,16?,17?,22?/m1/s1. The topological polar surface area (TPSA) is 29.1 Å². The van der Waals surface area contributed by atoms with Crippen LogP contribution in [0.3, 0.4) is 0 Å². The molecule has 2 atom stereocenters. The molecular formula is C22H31NOS. The number of carbonyl (C=O) groups is 1. The van der Waals surface area contributed by atoms with Crippen LogP contribution in [0.25, 0.3) is 0 Å². The molecule has 5 aliphatic rings. The number of carbonyl (C=O) groups excluding carboxylic acids is 1. The summed E-state index contributed by atoms with van der Waals surface area (Å²) in [5.74, 6) is 3.79. The summed E-state index contributed by atoms with van der Waals surface area (Å²) in [6, 6.07) is 2.52. The molecule has 1 aromatic rings. The van der Waals surface area contributed by atoms with Crippen LogP contribution in [0, 0.1) is 29.1 Å². The smallest absolute Gasteiger partial charge is 0.261 e. The van der Waals surface area contributed by atoms with E-state index in [9.17, 15) is 4.79 Å². The van der Waals surface area contributed by atoms with Gasteiger partial charge in [0.25, 0.3) is 5.91 Å². The van der Waals surface area contributed by atoms with E-state index < -0.39 is 0 Å². The molecule has 1 amide bonds. The number of nitrogens with one attached hydrogen (secondary N) is 1. The zero-order valence-corrected chi connectivity index (χ0v) is 16.5. The van der Waals surface area contributed by atoms with Gasteiger partial charge in [0.1, 0.15) is 0 Å². The second-order valence-electron chi connectivity index (χ2n) is 9.88. The molecule has 136 valence electrons. The first-order chi connectivity index (χ1) is 12.0. The molecule has 2 nitrogen and oxygen atoms in total. The van der Waals surface area contributed by atoms with E-state index >= 15 is 0 Å². The number of hydrogen-bond acceptors (Lipinski definition) is 2. The lowest BCUT2D eigenvalue weighted by atomic mass is 9.48. The number of amides is 1. The SMILES string of the molecule is C[C@@H]1CCc2sc(C(=O)N[C@@H](C)C34CC5CC(CC(C5)C3)C4)cc2C1. The zero-order valence-electron chi connectivity index (χ0n) is 15.6. The number of thiophene rings is 1. The van der Waals surface area contributed by atoms with Crippen LogP contribution >= 0.6 is 11.3 Å². The summed E-state index contributed by atoms with van der Waals surface area (Å²) in [4.78, 5) is 15.4. The summed E-state index contributed by atoms with van der Waals surface area (Å²) in [6.45, 7) is 4.62. The summed E-state index contributed by atoms with van der Waals surface area (Å²) in [5, 5.41) is 3.45. The van der Waals surface area contributed by atoms with E-state index in [0.29, 0.717) is 11.5 Å². The summed E-state index contributed by atoms with van der Waals surface area (Å²) in [5.41, 5.74) is 1.84. The van der Waals surface area contributed by atoms with Crippen molar-refractivity contribution in [1.82, 2.24) is 5.32 Å². The van der Waals surface area contributed by atoms with Crippen molar-refractivity contribution in [2.24, 2.45) is 29.1 Å². The van der Waals surface area contributed by atoms with Crippen LogP contribution in [0.15, 0.2) is 6.07 Å². The summed E-state index contributed by atoms with van der Waals surface area (Å²) >= 11 is 1.75. The maximum Gasteiger partial charge on any atom is 0.261 e. The van der Waals surface area contributed by atoms with Crippen LogP contribution in [-0.4, -0.2) is 11.9 Å². The van der Waals surface area contributed by atoms with Gasteiger partial charge in [-0.25, -0.2) is 0 Å². The Kier molecular flexibility index (Phi) is 3.82. The van der Waals surface area contributed by atoms with Crippen molar-refractivity contribution in [3.8, 4) is 0 Å².